The third-order valence-corrected chi connectivity index (χ3v) is 5.85. The van der Waals surface area contributed by atoms with Gasteiger partial charge < -0.3 is 5.32 Å². The number of nitrogens with one attached hydrogen (secondary N) is 1. The van der Waals surface area contributed by atoms with Crippen LogP contribution in [-0.4, -0.2) is 12.1 Å². The lowest BCUT2D eigenvalue weighted by molar-refractivity contribution is 0.130. The van der Waals surface area contributed by atoms with Gasteiger partial charge in [0.2, 0.25) is 0 Å². The van der Waals surface area contributed by atoms with Crippen molar-refractivity contribution in [3.05, 3.63) is 0 Å². The summed E-state index contributed by atoms with van der Waals surface area (Å²) in [4.78, 5) is 0. The molecule has 2 rings (SSSR count). The third kappa shape index (κ3) is 2.35. The molecule has 106 valence electrons. The summed E-state index contributed by atoms with van der Waals surface area (Å²) in [6.45, 7) is 18.0. The maximum Gasteiger partial charge on any atom is 0.00966 e. The van der Waals surface area contributed by atoms with Crippen molar-refractivity contribution in [1.29, 1.82) is 0 Å². The predicted octanol–water partition coefficient (Wildman–Crippen LogP) is 4.62. The molecule has 1 N–H and O–H groups in total. The minimum Gasteiger partial charge on any atom is -0.312 e. The lowest BCUT2D eigenvalue weighted by atomic mass is 9.67. The van der Waals surface area contributed by atoms with E-state index in [0.29, 0.717) is 16.2 Å². The van der Waals surface area contributed by atoms with Crippen molar-refractivity contribution in [3.63, 3.8) is 0 Å². The van der Waals surface area contributed by atoms with E-state index in [-0.39, 0.29) is 5.54 Å². The monoisotopic (exact) mass is 251 g/mol. The summed E-state index contributed by atoms with van der Waals surface area (Å²) in [6, 6.07) is 0. The average molecular weight is 251 g/mol. The molecule has 2 aliphatic rings. The molecule has 1 heteroatoms. The maximum absolute atomic E-state index is 3.74. The molecule has 0 saturated heterocycles. The second-order valence-corrected chi connectivity index (χ2v) is 9.26. The maximum atomic E-state index is 3.74. The van der Waals surface area contributed by atoms with Crippen molar-refractivity contribution >= 4 is 0 Å². The molecular formula is C17H33N. The fraction of sp³-hybridized carbons (Fsp3) is 1.00. The summed E-state index contributed by atoms with van der Waals surface area (Å²) in [6.07, 6.45) is 5.75. The molecule has 0 bridgehead atoms. The van der Waals surface area contributed by atoms with Crippen LogP contribution < -0.4 is 5.32 Å². The first-order valence-electron chi connectivity index (χ1n) is 7.75. The molecule has 1 spiro atoms. The van der Waals surface area contributed by atoms with Gasteiger partial charge in [0.1, 0.15) is 0 Å². The Bertz CT molecular complexity index is 321. The normalized spacial score (nSPS) is 37.8. The molecular weight excluding hydrogens is 218 g/mol. The highest BCUT2D eigenvalue weighted by atomic mass is 15.0. The summed E-state index contributed by atoms with van der Waals surface area (Å²) in [7, 11) is 0. The number of hydrogen-bond donors (Lipinski definition) is 1. The van der Waals surface area contributed by atoms with Crippen molar-refractivity contribution in [2.45, 2.75) is 79.7 Å². The van der Waals surface area contributed by atoms with E-state index in [1.54, 1.807) is 0 Å². The highest BCUT2D eigenvalue weighted by Crippen LogP contribution is 2.76. The Labute approximate surface area is 114 Å². The van der Waals surface area contributed by atoms with Crippen molar-refractivity contribution in [1.82, 2.24) is 5.32 Å². The van der Waals surface area contributed by atoms with Gasteiger partial charge in [0.15, 0.2) is 0 Å². The van der Waals surface area contributed by atoms with E-state index in [9.17, 15) is 0 Å². The van der Waals surface area contributed by atoms with Gasteiger partial charge in [-0.25, -0.2) is 0 Å². The average Bonchev–Trinajstić information content (AvgIpc) is 2.54. The van der Waals surface area contributed by atoms with E-state index in [1.165, 1.54) is 32.2 Å². The zero-order valence-electron chi connectivity index (χ0n) is 13.6. The molecule has 0 aliphatic heterocycles. The summed E-state index contributed by atoms with van der Waals surface area (Å²) < 4.78 is 0. The molecule has 18 heavy (non-hydrogen) atoms. The molecule has 0 amide bonds. The van der Waals surface area contributed by atoms with E-state index < -0.39 is 0 Å². The standard InChI is InChI=1S/C17H33N/c1-14(2,3)18-11-13-16(6,7)17(13)10-8-9-15(4,5)12-17/h13,18H,8-12H2,1-7H3. The first kappa shape index (κ1) is 14.4. The highest BCUT2D eigenvalue weighted by molar-refractivity contribution is 5.20. The van der Waals surface area contributed by atoms with Crippen molar-refractivity contribution in [2.75, 3.05) is 6.54 Å². The van der Waals surface area contributed by atoms with Gasteiger partial charge in [-0.2, -0.15) is 0 Å². The molecule has 2 aliphatic carbocycles. The topological polar surface area (TPSA) is 12.0 Å². The zero-order valence-corrected chi connectivity index (χ0v) is 13.6. The Hall–Kier alpha value is -0.0400. The highest BCUT2D eigenvalue weighted by Gasteiger charge is 2.70. The molecule has 2 unspecified atom stereocenters. The zero-order chi connectivity index (χ0) is 13.8. The third-order valence-electron chi connectivity index (χ3n) is 5.85. The van der Waals surface area contributed by atoms with Crippen LogP contribution in [0, 0.1) is 22.2 Å². The van der Waals surface area contributed by atoms with Crippen LogP contribution in [0.3, 0.4) is 0 Å². The van der Waals surface area contributed by atoms with Gasteiger partial charge in [0.05, 0.1) is 0 Å². The summed E-state index contributed by atoms with van der Waals surface area (Å²) in [5.41, 5.74) is 1.99. The minimum absolute atomic E-state index is 0.254. The molecule has 0 heterocycles. The molecule has 2 fully saturated rings. The largest absolute Gasteiger partial charge is 0.312 e. The summed E-state index contributed by atoms with van der Waals surface area (Å²) >= 11 is 0. The lowest BCUT2D eigenvalue weighted by Crippen LogP contribution is -2.38. The number of hydrogen-bond acceptors (Lipinski definition) is 1. The molecule has 2 atom stereocenters. The van der Waals surface area contributed by atoms with E-state index in [1.807, 2.05) is 0 Å². The first-order valence-corrected chi connectivity index (χ1v) is 7.75. The van der Waals surface area contributed by atoms with Gasteiger partial charge in [-0.15, -0.1) is 0 Å². The molecule has 2 saturated carbocycles. The van der Waals surface area contributed by atoms with Crippen molar-refractivity contribution < 1.29 is 0 Å². The Morgan fingerprint density at radius 2 is 1.67 bits per heavy atom. The Balaban J connectivity index is 2.05. The second-order valence-electron chi connectivity index (χ2n) is 9.26. The van der Waals surface area contributed by atoms with E-state index in [0.717, 1.165) is 5.92 Å². The van der Waals surface area contributed by atoms with Crippen LogP contribution in [0.4, 0.5) is 0 Å². The lowest BCUT2D eigenvalue weighted by Gasteiger charge is -2.38. The van der Waals surface area contributed by atoms with E-state index in [4.69, 9.17) is 0 Å². The Kier molecular flexibility index (Phi) is 3.17. The predicted molar refractivity (Wildman–Crippen MR) is 79.7 cm³/mol. The van der Waals surface area contributed by atoms with Gasteiger partial charge in [-0.3, -0.25) is 0 Å². The molecule has 0 radical (unpaired) electrons. The fourth-order valence-corrected chi connectivity index (χ4v) is 4.68. The van der Waals surface area contributed by atoms with Crippen LogP contribution in [0.5, 0.6) is 0 Å². The van der Waals surface area contributed by atoms with Crippen LogP contribution in [0.2, 0.25) is 0 Å². The minimum atomic E-state index is 0.254. The van der Waals surface area contributed by atoms with Gasteiger partial charge >= 0.3 is 0 Å². The van der Waals surface area contributed by atoms with Crippen LogP contribution in [0.25, 0.3) is 0 Å². The quantitative estimate of drug-likeness (QED) is 0.755. The fourth-order valence-electron chi connectivity index (χ4n) is 4.68. The van der Waals surface area contributed by atoms with Gasteiger partial charge in [-0.05, 0) is 68.7 Å². The Morgan fingerprint density at radius 1 is 1.06 bits per heavy atom. The van der Waals surface area contributed by atoms with Gasteiger partial charge in [0.25, 0.3) is 0 Å². The smallest absolute Gasteiger partial charge is 0.00966 e. The second kappa shape index (κ2) is 3.98. The molecule has 0 aromatic heterocycles. The van der Waals surface area contributed by atoms with Crippen LogP contribution in [0.15, 0.2) is 0 Å². The SMILES string of the molecule is CC1(C)CCCC2(C1)C(CNC(C)(C)C)C2(C)C. The van der Waals surface area contributed by atoms with Crippen LogP contribution in [-0.2, 0) is 0 Å². The first-order chi connectivity index (χ1) is 8.00. The molecule has 1 nitrogen and oxygen atoms in total. The van der Waals surface area contributed by atoms with Gasteiger partial charge in [0, 0.05) is 5.54 Å². The van der Waals surface area contributed by atoms with Crippen molar-refractivity contribution in [2.24, 2.45) is 22.2 Å². The summed E-state index contributed by atoms with van der Waals surface area (Å²) in [5, 5.41) is 3.74. The van der Waals surface area contributed by atoms with Gasteiger partial charge in [-0.1, -0.05) is 34.1 Å². The Morgan fingerprint density at radius 3 is 2.17 bits per heavy atom. The summed E-state index contributed by atoms with van der Waals surface area (Å²) in [5.74, 6) is 0.879. The van der Waals surface area contributed by atoms with Crippen LogP contribution >= 0.6 is 0 Å². The van der Waals surface area contributed by atoms with Crippen molar-refractivity contribution in [3.8, 4) is 0 Å². The van der Waals surface area contributed by atoms with E-state index >= 15 is 0 Å². The van der Waals surface area contributed by atoms with E-state index in [2.05, 4.69) is 53.8 Å². The van der Waals surface area contributed by atoms with Crippen LogP contribution in [0.1, 0.15) is 74.1 Å². The molecule has 0 aromatic rings. The number of rotatable bonds is 2. The molecule has 0 aromatic carbocycles.